The van der Waals surface area contributed by atoms with E-state index in [1.807, 2.05) is 24.3 Å². The Hall–Kier alpha value is -2.13. The van der Waals surface area contributed by atoms with Gasteiger partial charge in [0.2, 0.25) is 0 Å². The Morgan fingerprint density at radius 1 is 1.15 bits per heavy atom. The van der Waals surface area contributed by atoms with E-state index < -0.39 is 0 Å². The minimum absolute atomic E-state index is 0.230. The van der Waals surface area contributed by atoms with E-state index in [0.717, 1.165) is 23.3 Å². The number of nitrogens with one attached hydrogen (secondary N) is 2. The maximum atomic E-state index is 8.51. The summed E-state index contributed by atoms with van der Waals surface area (Å²) in [6, 6.07) is 11.9. The summed E-state index contributed by atoms with van der Waals surface area (Å²) in [5.41, 5.74) is 1.25. The molecule has 0 aliphatic heterocycles. The number of benzene rings is 1. The highest BCUT2D eigenvalue weighted by Gasteiger charge is 2.00. The topological polar surface area (TPSA) is 73.6 Å². The van der Waals surface area contributed by atoms with Gasteiger partial charge >= 0.3 is 0 Å². The molecule has 0 atom stereocenters. The summed E-state index contributed by atoms with van der Waals surface area (Å²) in [5.74, 6) is 1.39. The highest BCUT2D eigenvalue weighted by molar-refractivity contribution is 9.10. The summed E-state index contributed by atoms with van der Waals surface area (Å²) in [7, 11) is 0. The molecular formula is C14H14BrN5. The Bertz CT molecular complexity index is 609. The molecule has 5 nitrogen and oxygen atoms in total. The van der Waals surface area contributed by atoms with E-state index >= 15 is 0 Å². The van der Waals surface area contributed by atoms with Gasteiger partial charge in [0.1, 0.15) is 24.5 Å². The Balaban J connectivity index is 1.88. The predicted octanol–water partition coefficient (Wildman–Crippen LogP) is 2.83. The van der Waals surface area contributed by atoms with E-state index in [-0.39, 0.29) is 6.54 Å². The maximum Gasteiger partial charge on any atom is 0.132 e. The predicted molar refractivity (Wildman–Crippen MR) is 82.5 cm³/mol. The van der Waals surface area contributed by atoms with Crippen molar-refractivity contribution in [1.82, 2.24) is 9.97 Å². The highest BCUT2D eigenvalue weighted by atomic mass is 79.9. The molecule has 1 heterocycles. The van der Waals surface area contributed by atoms with Crippen LogP contribution in [-0.2, 0) is 6.42 Å². The van der Waals surface area contributed by atoms with Crippen molar-refractivity contribution in [3.8, 4) is 6.07 Å². The number of nitrogens with zero attached hydrogens (tertiary/aromatic N) is 3. The van der Waals surface area contributed by atoms with Gasteiger partial charge in [0, 0.05) is 17.1 Å². The molecule has 0 aliphatic rings. The zero-order chi connectivity index (χ0) is 14.2. The monoisotopic (exact) mass is 331 g/mol. The smallest absolute Gasteiger partial charge is 0.132 e. The molecule has 0 saturated heterocycles. The van der Waals surface area contributed by atoms with Gasteiger partial charge < -0.3 is 10.6 Å². The second kappa shape index (κ2) is 7.46. The highest BCUT2D eigenvalue weighted by Crippen LogP contribution is 2.16. The summed E-state index contributed by atoms with van der Waals surface area (Å²) in [6.07, 6.45) is 2.37. The number of halogens is 1. The summed E-state index contributed by atoms with van der Waals surface area (Å²) < 4.78 is 1.11. The van der Waals surface area contributed by atoms with Crippen molar-refractivity contribution in [2.75, 3.05) is 23.7 Å². The summed E-state index contributed by atoms with van der Waals surface area (Å²) >= 11 is 3.53. The van der Waals surface area contributed by atoms with Crippen LogP contribution in [0, 0.1) is 11.3 Å². The normalized spacial score (nSPS) is 9.80. The average Bonchev–Trinajstić information content (AvgIpc) is 2.48. The molecule has 0 spiro atoms. The van der Waals surface area contributed by atoms with E-state index in [0.29, 0.717) is 5.82 Å². The lowest BCUT2D eigenvalue weighted by atomic mass is 10.1. The van der Waals surface area contributed by atoms with Crippen LogP contribution in [0.3, 0.4) is 0 Å². The molecule has 0 unspecified atom stereocenters. The molecule has 1 aromatic heterocycles. The summed E-state index contributed by atoms with van der Waals surface area (Å²) in [6.45, 7) is 1.00. The molecule has 2 aromatic rings. The van der Waals surface area contributed by atoms with E-state index in [1.165, 1.54) is 11.9 Å². The zero-order valence-electron chi connectivity index (χ0n) is 10.8. The lowest BCUT2D eigenvalue weighted by molar-refractivity contribution is 0.993. The van der Waals surface area contributed by atoms with Gasteiger partial charge in [0.25, 0.3) is 0 Å². The Labute approximate surface area is 126 Å². The number of hydrogen-bond acceptors (Lipinski definition) is 5. The molecule has 0 aliphatic carbocycles. The van der Waals surface area contributed by atoms with E-state index in [2.05, 4.69) is 42.6 Å². The molecule has 0 amide bonds. The standard InChI is InChI=1S/C14H14BrN5/c15-12-4-2-1-3-11(12)5-7-17-13-9-14(18-8-6-16)20-10-19-13/h1-4,9-10H,5,7-8H2,(H2,17,18,19,20). The van der Waals surface area contributed by atoms with Crippen molar-refractivity contribution in [2.24, 2.45) is 0 Å². The number of anilines is 2. The first kappa shape index (κ1) is 14.3. The number of nitriles is 1. The van der Waals surface area contributed by atoms with Crippen molar-refractivity contribution >= 4 is 27.6 Å². The van der Waals surface area contributed by atoms with Crippen LogP contribution in [0.2, 0.25) is 0 Å². The third-order valence-corrected chi connectivity index (χ3v) is 3.45. The van der Waals surface area contributed by atoms with Gasteiger partial charge in [-0.15, -0.1) is 0 Å². The number of rotatable bonds is 6. The van der Waals surface area contributed by atoms with Gasteiger partial charge in [0.15, 0.2) is 0 Å². The molecule has 1 aromatic carbocycles. The van der Waals surface area contributed by atoms with Crippen LogP contribution in [0.1, 0.15) is 5.56 Å². The second-order valence-electron chi connectivity index (χ2n) is 4.07. The fourth-order valence-electron chi connectivity index (χ4n) is 1.71. The molecule has 6 heteroatoms. The summed E-state index contributed by atoms with van der Waals surface area (Å²) in [4.78, 5) is 8.18. The molecule has 20 heavy (non-hydrogen) atoms. The quantitative estimate of drug-likeness (QED) is 0.796. The molecule has 2 rings (SSSR count). The fourth-order valence-corrected chi connectivity index (χ4v) is 2.19. The van der Waals surface area contributed by atoms with E-state index in [9.17, 15) is 0 Å². The van der Waals surface area contributed by atoms with Crippen LogP contribution < -0.4 is 10.6 Å². The third-order valence-electron chi connectivity index (χ3n) is 2.67. The molecule has 2 N–H and O–H groups in total. The van der Waals surface area contributed by atoms with Crippen molar-refractivity contribution in [2.45, 2.75) is 6.42 Å². The Morgan fingerprint density at radius 2 is 1.90 bits per heavy atom. The maximum absolute atomic E-state index is 8.51. The van der Waals surface area contributed by atoms with Crippen molar-refractivity contribution < 1.29 is 0 Å². The SMILES string of the molecule is N#CCNc1cc(NCCc2ccccc2Br)ncn1. The van der Waals surface area contributed by atoms with Gasteiger partial charge in [-0.05, 0) is 18.1 Å². The van der Waals surface area contributed by atoms with Crippen LogP contribution >= 0.6 is 15.9 Å². The lowest BCUT2D eigenvalue weighted by Gasteiger charge is -2.08. The van der Waals surface area contributed by atoms with Gasteiger partial charge in [0.05, 0.1) is 6.07 Å². The fraction of sp³-hybridized carbons (Fsp3) is 0.214. The minimum atomic E-state index is 0.230. The molecule has 0 bridgehead atoms. The van der Waals surface area contributed by atoms with Crippen molar-refractivity contribution in [3.05, 3.63) is 46.7 Å². The Kier molecular flexibility index (Phi) is 5.33. The number of hydrogen-bond donors (Lipinski definition) is 2. The first-order chi connectivity index (χ1) is 9.79. The lowest BCUT2D eigenvalue weighted by Crippen LogP contribution is -2.08. The second-order valence-corrected chi connectivity index (χ2v) is 4.92. The number of aromatic nitrogens is 2. The van der Waals surface area contributed by atoms with Gasteiger partial charge in [-0.3, -0.25) is 0 Å². The zero-order valence-corrected chi connectivity index (χ0v) is 12.4. The first-order valence-corrected chi connectivity index (χ1v) is 6.99. The molecule has 0 radical (unpaired) electrons. The minimum Gasteiger partial charge on any atom is -0.370 e. The van der Waals surface area contributed by atoms with Gasteiger partial charge in [-0.2, -0.15) is 5.26 Å². The summed E-state index contributed by atoms with van der Waals surface area (Å²) in [5, 5.41) is 14.6. The molecular weight excluding hydrogens is 318 g/mol. The molecule has 0 saturated carbocycles. The molecule has 102 valence electrons. The van der Waals surface area contributed by atoms with Crippen LogP contribution in [-0.4, -0.2) is 23.1 Å². The van der Waals surface area contributed by atoms with E-state index in [1.54, 1.807) is 6.07 Å². The van der Waals surface area contributed by atoms with Crippen LogP contribution in [0.15, 0.2) is 41.1 Å². The molecule has 0 fully saturated rings. The van der Waals surface area contributed by atoms with Gasteiger partial charge in [-0.1, -0.05) is 34.1 Å². The van der Waals surface area contributed by atoms with Crippen LogP contribution in [0.5, 0.6) is 0 Å². The third kappa shape index (κ3) is 4.21. The van der Waals surface area contributed by atoms with Crippen molar-refractivity contribution in [3.63, 3.8) is 0 Å². The Morgan fingerprint density at radius 3 is 2.65 bits per heavy atom. The van der Waals surface area contributed by atoms with E-state index in [4.69, 9.17) is 5.26 Å². The first-order valence-electron chi connectivity index (χ1n) is 6.20. The van der Waals surface area contributed by atoms with Crippen molar-refractivity contribution in [1.29, 1.82) is 5.26 Å². The largest absolute Gasteiger partial charge is 0.370 e. The average molecular weight is 332 g/mol. The van der Waals surface area contributed by atoms with Crippen LogP contribution in [0.25, 0.3) is 0 Å². The van der Waals surface area contributed by atoms with Gasteiger partial charge in [-0.25, -0.2) is 9.97 Å². The van der Waals surface area contributed by atoms with Crippen LogP contribution in [0.4, 0.5) is 11.6 Å².